The number of anilines is 1. The first-order valence-corrected chi connectivity index (χ1v) is 8.70. The number of methoxy groups -OCH3 is 1. The molecule has 0 radical (unpaired) electrons. The minimum Gasteiger partial charge on any atom is -0.495 e. The van der Waals surface area contributed by atoms with Crippen LogP contribution in [0.15, 0.2) is 52.8 Å². The number of ether oxygens (including phenoxy) is 1. The van der Waals surface area contributed by atoms with Gasteiger partial charge in [-0.05, 0) is 42.1 Å². The number of nitrogens with one attached hydrogen (secondary N) is 2. The van der Waals surface area contributed by atoms with Gasteiger partial charge in [-0.25, -0.2) is 0 Å². The predicted molar refractivity (Wildman–Crippen MR) is 110 cm³/mol. The fourth-order valence-corrected chi connectivity index (χ4v) is 2.85. The number of hydrogen-bond acceptors (Lipinski definition) is 4. The molecule has 6 nitrogen and oxygen atoms in total. The van der Waals surface area contributed by atoms with E-state index in [0.29, 0.717) is 22.0 Å². The highest BCUT2D eigenvalue weighted by Gasteiger charge is 2.15. The van der Waals surface area contributed by atoms with E-state index in [0.717, 1.165) is 10.9 Å². The summed E-state index contributed by atoms with van der Waals surface area (Å²) in [5, 5.41) is 13.3. The molecule has 28 heavy (non-hydrogen) atoms. The van der Waals surface area contributed by atoms with Crippen LogP contribution in [0.3, 0.4) is 0 Å². The number of fused-ring (bicyclic) bond motifs is 1. The van der Waals surface area contributed by atoms with Crippen LogP contribution in [0.2, 0.25) is 5.02 Å². The number of nitriles is 1. The van der Waals surface area contributed by atoms with Crippen LogP contribution >= 0.6 is 11.6 Å². The van der Waals surface area contributed by atoms with Crippen molar-refractivity contribution >= 4 is 40.2 Å². The maximum Gasteiger partial charge on any atom is 0.266 e. The number of H-pyrrole nitrogens is 1. The third-order valence-corrected chi connectivity index (χ3v) is 4.58. The molecule has 0 aliphatic carbocycles. The molecule has 0 saturated heterocycles. The molecule has 0 aliphatic rings. The summed E-state index contributed by atoms with van der Waals surface area (Å²) in [6.45, 7) is 1.78. The van der Waals surface area contributed by atoms with Crippen LogP contribution < -0.4 is 15.6 Å². The molecule has 0 saturated carbocycles. The summed E-state index contributed by atoms with van der Waals surface area (Å²) in [6, 6.07) is 13.9. The van der Waals surface area contributed by atoms with Crippen molar-refractivity contribution < 1.29 is 9.53 Å². The molecular weight excluding hydrogens is 378 g/mol. The number of carbonyl (C=O) groups excluding carboxylic acids is 1. The second kappa shape index (κ2) is 7.99. The molecule has 3 rings (SSSR count). The predicted octanol–water partition coefficient (Wildman–Crippen LogP) is 4.04. The number of aromatic nitrogens is 1. The Morgan fingerprint density at radius 3 is 2.75 bits per heavy atom. The van der Waals surface area contributed by atoms with E-state index in [1.54, 1.807) is 31.2 Å². The summed E-state index contributed by atoms with van der Waals surface area (Å²) in [5.41, 5.74) is 1.41. The monoisotopic (exact) mass is 393 g/mol. The number of rotatable bonds is 4. The Morgan fingerprint density at radius 1 is 1.29 bits per heavy atom. The molecule has 0 fully saturated rings. The molecule has 3 aromatic rings. The van der Waals surface area contributed by atoms with Crippen LogP contribution in [0.5, 0.6) is 5.75 Å². The maximum atomic E-state index is 12.6. The van der Waals surface area contributed by atoms with Gasteiger partial charge in [0, 0.05) is 22.2 Å². The highest BCUT2D eigenvalue weighted by Crippen LogP contribution is 2.31. The lowest BCUT2D eigenvalue weighted by atomic mass is 10.1. The Hall–Kier alpha value is -3.56. The average molecular weight is 394 g/mol. The van der Waals surface area contributed by atoms with Crippen molar-refractivity contribution in [3.8, 4) is 11.8 Å². The van der Waals surface area contributed by atoms with Crippen LogP contribution in [0.4, 0.5) is 5.69 Å². The fraction of sp³-hybridized carbons (Fsp3) is 0.0952. The van der Waals surface area contributed by atoms with E-state index >= 15 is 0 Å². The van der Waals surface area contributed by atoms with Gasteiger partial charge in [-0.15, -0.1) is 0 Å². The van der Waals surface area contributed by atoms with Crippen LogP contribution in [-0.4, -0.2) is 18.0 Å². The zero-order valence-electron chi connectivity index (χ0n) is 15.2. The molecule has 2 N–H and O–H groups in total. The molecule has 2 aromatic carbocycles. The van der Waals surface area contributed by atoms with Gasteiger partial charge in [0.15, 0.2) is 0 Å². The summed E-state index contributed by atoms with van der Waals surface area (Å²) in [6.07, 6.45) is 1.26. The highest BCUT2D eigenvalue weighted by molar-refractivity contribution is 6.31. The quantitative estimate of drug-likeness (QED) is 0.516. The van der Waals surface area contributed by atoms with Crippen LogP contribution in [0, 0.1) is 18.3 Å². The van der Waals surface area contributed by atoms with Gasteiger partial charge in [0.25, 0.3) is 11.5 Å². The van der Waals surface area contributed by atoms with Crippen molar-refractivity contribution in [2.24, 2.45) is 0 Å². The van der Waals surface area contributed by atoms with Gasteiger partial charge in [0.2, 0.25) is 0 Å². The van der Waals surface area contributed by atoms with Crippen molar-refractivity contribution in [3.05, 3.63) is 74.5 Å². The van der Waals surface area contributed by atoms with E-state index < -0.39 is 5.91 Å². The zero-order valence-corrected chi connectivity index (χ0v) is 15.9. The summed E-state index contributed by atoms with van der Waals surface area (Å²) in [7, 11) is 1.45. The molecule has 0 spiro atoms. The van der Waals surface area contributed by atoms with E-state index in [9.17, 15) is 14.9 Å². The van der Waals surface area contributed by atoms with Gasteiger partial charge in [-0.1, -0.05) is 29.8 Å². The lowest BCUT2D eigenvalue weighted by Crippen LogP contribution is -2.16. The standard InChI is InChI=1S/C21H16ClN3O3/c1-12-7-18(19(28-2)10-16(12)22)25-21(27)15(11-23)9-14-8-13-5-3-4-6-17(13)24-20(14)26/h3-10H,1-2H3,(H,24,26)(H,25,27)/b15-9+. The molecule has 0 bridgehead atoms. The molecule has 0 atom stereocenters. The smallest absolute Gasteiger partial charge is 0.266 e. The maximum absolute atomic E-state index is 12.6. The van der Waals surface area contributed by atoms with Crippen LogP contribution in [-0.2, 0) is 4.79 Å². The number of para-hydroxylation sites is 1. The molecule has 1 heterocycles. The summed E-state index contributed by atoms with van der Waals surface area (Å²) in [4.78, 5) is 27.6. The Morgan fingerprint density at radius 2 is 2.04 bits per heavy atom. The third kappa shape index (κ3) is 3.90. The lowest BCUT2D eigenvalue weighted by molar-refractivity contribution is -0.112. The number of amides is 1. The van der Waals surface area contributed by atoms with E-state index in [1.165, 1.54) is 13.2 Å². The molecule has 0 aliphatic heterocycles. The first-order valence-electron chi connectivity index (χ1n) is 8.32. The van der Waals surface area contributed by atoms with Crippen molar-refractivity contribution in [2.45, 2.75) is 6.92 Å². The minimum absolute atomic E-state index is 0.213. The SMILES string of the molecule is COc1cc(Cl)c(C)cc1NC(=O)/C(C#N)=C/c1cc2ccccc2[nH]c1=O. The summed E-state index contributed by atoms with van der Waals surface area (Å²) in [5.74, 6) is -0.292. The number of halogens is 1. The van der Waals surface area contributed by atoms with E-state index in [4.69, 9.17) is 16.3 Å². The number of benzene rings is 2. The van der Waals surface area contributed by atoms with Crippen molar-refractivity contribution in [3.63, 3.8) is 0 Å². The first-order chi connectivity index (χ1) is 13.4. The van der Waals surface area contributed by atoms with Gasteiger partial charge < -0.3 is 15.0 Å². The summed E-state index contributed by atoms with van der Waals surface area (Å²) >= 11 is 6.07. The lowest BCUT2D eigenvalue weighted by Gasteiger charge is -2.12. The van der Waals surface area contributed by atoms with Gasteiger partial charge >= 0.3 is 0 Å². The van der Waals surface area contributed by atoms with Crippen molar-refractivity contribution in [1.82, 2.24) is 4.98 Å². The number of aromatic amines is 1. The van der Waals surface area contributed by atoms with E-state index in [2.05, 4.69) is 10.3 Å². The van der Waals surface area contributed by atoms with Gasteiger partial charge in [0.05, 0.1) is 12.8 Å². The Balaban J connectivity index is 1.97. The number of hydrogen-bond donors (Lipinski definition) is 2. The first kappa shape index (κ1) is 19.2. The Kier molecular flexibility index (Phi) is 5.48. The molecule has 140 valence electrons. The molecule has 1 amide bonds. The number of nitrogens with zero attached hydrogens (tertiary/aromatic N) is 1. The van der Waals surface area contributed by atoms with Gasteiger partial charge in [-0.2, -0.15) is 5.26 Å². The Labute approximate surface area is 166 Å². The second-order valence-corrected chi connectivity index (χ2v) is 6.47. The molecule has 1 aromatic heterocycles. The van der Waals surface area contributed by atoms with Crippen LogP contribution in [0.25, 0.3) is 17.0 Å². The fourth-order valence-electron chi connectivity index (χ4n) is 2.70. The number of pyridine rings is 1. The average Bonchev–Trinajstić information content (AvgIpc) is 2.68. The minimum atomic E-state index is -0.657. The second-order valence-electron chi connectivity index (χ2n) is 6.07. The largest absolute Gasteiger partial charge is 0.495 e. The van der Waals surface area contributed by atoms with Crippen molar-refractivity contribution in [2.75, 3.05) is 12.4 Å². The number of aryl methyl sites for hydroxylation is 1. The Bertz CT molecular complexity index is 1210. The third-order valence-electron chi connectivity index (χ3n) is 4.18. The van der Waals surface area contributed by atoms with E-state index in [1.807, 2.05) is 24.3 Å². The molecular formula is C21H16ClN3O3. The van der Waals surface area contributed by atoms with Gasteiger partial charge in [-0.3, -0.25) is 9.59 Å². The van der Waals surface area contributed by atoms with E-state index in [-0.39, 0.29) is 16.7 Å². The highest BCUT2D eigenvalue weighted by atomic mass is 35.5. The normalized spacial score (nSPS) is 11.1. The zero-order chi connectivity index (χ0) is 20.3. The van der Waals surface area contributed by atoms with Gasteiger partial charge in [0.1, 0.15) is 17.4 Å². The number of carbonyl (C=O) groups is 1. The summed E-state index contributed by atoms with van der Waals surface area (Å²) < 4.78 is 5.22. The molecule has 0 unspecified atom stereocenters. The van der Waals surface area contributed by atoms with Crippen LogP contribution in [0.1, 0.15) is 11.1 Å². The topological polar surface area (TPSA) is 95.0 Å². The van der Waals surface area contributed by atoms with Crippen molar-refractivity contribution in [1.29, 1.82) is 5.26 Å². The molecule has 7 heteroatoms.